The van der Waals surface area contributed by atoms with E-state index in [9.17, 15) is 8.42 Å². The van der Waals surface area contributed by atoms with Crippen molar-refractivity contribution in [3.8, 4) is 0 Å². The fourth-order valence-corrected chi connectivity index (χ4v) is 4.70. The minimum absolute atomic E-state index is 0.431. The molecule has 1 saturated heterocycles. The number of hydrogen-bond donors (Lipinski definition) is 0. The minimum Gasteiger partial charge on any atom is -0.207 e. The molecule has 2 aliphatic rings. The Morgan fingerprint density at radius 1 is 1.00 bits per heavy atom. The van der Waals surface area contributed by atoms with Gasteiger partial charge in [0.2, 0.25) is 10.0 Å². The Morgan fingerprint density at radius 3 is 2.18 bits per heavy atom. The molecule has 17 heavy (non-hydrogen) atoms. The van der Waals surface area contributed by atoms with Crippen molar-refractivity contribution in [1.82, 2.24) is 4.31 Å². The molecule has 2 fully saturated rings. The highest BCUT2D eigenvalue weighted by Gasteiger charge is 2.41. The van der Waals surface area contributed by atoms with Crippen LogP contribution in [0.15, 0.2) is 35.2 Å². The number of sulfonamides is 1. The molecular formula is C13H17NO2S. The summed E-state index contributed by atoms with van der Waals surface area (Å²) in [6.07, 6.45) is 3.67. The molecule has 0 aromatic heterocycles. The Kier molecular flexibility index (Phi) is 2.71. The highest BCUT2D eigenvalue weighted by molar-refractivity contribution is 7.89. The van der Waals surface area contributed by atoms with Gasteiger partial charge >= 0.3 is 0 Å². The first-order valence-corrected chi connectivity index (χ1v) is 7.67. The van der Waals surface area contributed by atoms with Crippen LogP contribution >= 0.6 is 0 Å². The molecule has 0 amide bonds. The summed E-state index contributed by atoms with van der Waals surface area (Å²) in [6.45, 7) is 1.45. The third-order valence-electron chi connectivity index (χ3n) is 4.07. The molecule has 1 aliphatic heterocycles. The van der Waals surface area contributed by atoms with Gasteiger partial charge in [0.15, 0.2) is 0 Å². The Morgan fingerprint density at radius 2 is 1.59 bits per heavy atom. The van der Waals surface area contributed by atoms with Gasteiger partial charge in [0.05, 0.1) is 4.90 Å². The summed E-state index contributed by atoms with van der Waals surface area (Å²) in [7, 11) is -3.25. The molecule has 0 N–H and O–H groups in total. The Hall–Kier alpha value is -0.870. The highest BCUT2D eigenvalue weighted by atomic mass is 32.2. The van der Waals surface area contributed by atoms with E-state index in [1.165, 1.54) is 19.3 Å². The van der Waals surface area contributed by atoms with E-state index in [0.717, 1.165) is 13.1 Å². The Labute approximate surface area is 102 Å². The predicted octanol–water partition coefficient (Wildman–Crippen LogP) is 2.11. The molecule has 3 rings (SSSR count). The minimum atomic E-state index is -3.25. The summed E-state index contributed by atoms with van der Waals surface area (Å²) < 4.78 is 26.5. The van der Waals surface area contributed by atoms with Crippen LogP contribution in [0.5, 0.6) is 0 Å². The first-order chi connectivity index (χ1) is 8.18. The zero-order chi connectivity index (χ0) is 11.9. The molecule has 0 bridgehead atoms. The van der Waals surface area contributed by atoms with Gasteiger partial charge in [-0.15, -0.1) is 0 Å². The third kappa shape index (κ3) is 1.89. The van der Waals surface area contributed by atoms with Crippen molar-refractivity contribution in [2.75, 3.05) is 13.1 Å². The number of fused-ring (bicyclic) bond motifs is 1. The summed E-state index contributed by atoms with van der Waals surface area (Å²) in [5.41, 5.74) is 0. The van der Waals surface area contributed by atoms with Crippen molar-refractivity contribution in [2.45, 2.75) is 24.2 Å². The summed E-state index contributed by atoms with van der Waals surface area (Å²) >= 11 is 0. The molecule has 2 atom stereocenters. The maximum Gasteiger partial charge on any atom is 0.243 e. The van der Waals surface area contributed by atoms with Crippen molar-refractivity contribution in [3.63, 3.8) is 0 Å². The second-order valence-electron chi connectivity index (χ2n) is 5.09. The summed E-state index contributed by atoms with van der Waals surface area (Å²) in [4.78, 5) is 0.431. The third-order valence-corrected chi connectivity index (χ3v) is 5.92. The number of rotatable bonds is 2. The van der Waals surface area contributed by atoms with Crippen LogP contribution in [0.2, 0.25) is 0 Å². The molecule has 1 saturated carbocycles. The van der Waals surface area contributed by atoms with E-state index >= 15 is 0 Å². The molecule has 3 nitrogen and oxygen atoms in total. The molecule has 1 aromatic carbocycles. The first-order valence-electron chi connectivity index (χ1n) is 6.23. The lowest BCUT2D eigenvalue weighted by atomic mass is 10.0. The molecule has 92 valence electrons. The van der Waals surface area contributed by atoms with Crippen LogP contribution in [0.4, 0.5) is 0 Å². The second-order valence-corrected chi connectivity index (χ2v) is 7.02. The fourth-order valence-electron chi connectivity index (χ4n) is 3.13. The number of benzene rings is 1. The molecule has 2 unspecified atom stereocenters. The number of nitrogens with zero attached hydrogens (tertiary/aromatic N) is 1. The van der Waals surface area contributed by atoms with Gasteiger partial charge in [-0.1, -0.05) is 24.6 Å². The Balaban J connectivity index is 1.86. The van der Waals surface area contributed by atoms with Gasteiger partial charge in [-0.25, -0.2) is 8.42 Å². The summed E-state index contributed by atoms with van der Waals surface area (Å²) in [6, 6.07) is 8.78. The van der Waals surface area contributed by atoms with Gasteiger partial charge in [0.25, 0.3) is 0 Å². The first kappa shape index (κ1) is 11.2. The SMILES string of the molecule is O=S(=O)(c1ccccc1)N1CC2CCCC2C1. The van der Waals surface area contributed by atoms with E-state index in [0.29, 0.717) is 16.7 Å². The van der Waals surface area contributed by atoms with Crippen LogP contribution in [0.25, 0.3) is 0 Å². The van der Waals surface area contributed by atoms with Gasteiger partial charge in [-0.3, -0.25) is 0 Å². The van der Waals surface area contributed by atoms with Crippen LogP contribution in [-0.2, 0) is 10.0 Å². The van der Waals surface area contributed by atoms with E-state index in [1.807, 2.05) is 6.07 Å². The maximum absolute atomic E-state index is 12.4. The molecular weight excluding hydrogens is 234 g/mol. The Bertz CT molecular complexity index is 485. The van der Waals surface area contributed by atoms with Crippen molar-refractivity contribution in [2.24, 2.45) is 11.8 Å². The van der Waals surface area contributed by atoms with Crippen molar-refractivity contribution >= 4 is 10.0 Å². The van der Waals surface area contributed by atoms with Crippen LogP contribution in [0.3, 0.4) is 0 Å². The highest BCUT2D eigenvalue weighted by Crippen LogP contribution is 2.39. The predicted molar refractivity (Wildman–Crippen MR) is 66.0 cm³/mol. The van der Waals surface area contributed by atoms with Crippen LogP contribution in [0.1, 0.15) is 19.3 Å². The van der Waals surface area contributed by atoms with E-state index < -0.39 is 10.0 Å². The second kappa shape index (κ2) is 4.10. The van der Waals surface area contributed by atoms with Gasteiger partial charge in [-0.2, -0.15) is 4.31 Å². The van der Waals surface area contributed by atoms with Crippen molar-refractivity contribution in [3.05, 3.63) is 30.3 Å². The van der Waals surface area contributed by atoms with E-state index in [1.54, 1.807) is 28.6 Å². The van der Waals surface area contributed by atoms with Crippen LogP contribution < -0.4 is 0 Å². The molecule has 1 aromatic rings. The maximum atomic E-state index is 12.4. The van der Waals surface area contributed by atoms with Crippen molar-refractivity contribution < 1.29 is 8.42 Å². The van der Waals surface area contributed by atoms with E-state index in [4.69, 9.17) is 0 Å². The molecule has 0 radical (unpaired) electrons. The average Bonchev–Trinajstić information content (AvgIpc) is 2.90. The topological polar surface area (TPSA) is 37.4 Å². The number of hydrogen-bond acceptors (Lipinski definition) is 2. The van der Waals surface area contributed by atoms with Crippen molar-refractivity contribution in [1.29, 1.82) is 0 Å². The van der Waals surface area contributed by atoms with Crippen LogP contribution in [-0.4, -0.2) is 25.8 Å². The zero-order valence-corrected chi connectivity index (χ0v) is 10.6. The van der Waals surface area contributed by atoms with Crippen LogP contribution in [0, 0.1) is 11.8 Å². The monoisotopic (exact) mass is 251 g/mol. The van der Waals surface area contributed by atoms with Gasteiger partial charge in [-0.05, 0) is 36.8 Å². The lowest BCUT2D eigenvalue weighted by Crippen LogP contribution is -2.29. The smallest absolute Gasteiger partial charge is 0.207 e. The lowest BCUT2D eigenvalue weighted by Gasteiger charge is -2.17. The lowest BCUT2D eigenvalue weighted by molar-refractivity contribution is 0.445. The molecule has 0 spiro atoms. The molecule has 4 heteroatoms. The van der Waals surface area contributed by atoms with E-state index in [-0.39, 0.29) is 0 Å². The van der Waals surface area contributed by atoms with Gasteiger partial charge < -0.3 is 0 Å². The van der Waals surface area contributed by atoms with Gasteiger partial charge in [0, 0.05) is 13.1 Å². The van der Waals surface area contributed by atoms with Gasteiger partial charge in [0.1, 0.15) is 0 Å². The molecule has 1 aliphatic carbocycles. The fraction of sp³-hybridized carbons (Fsp3) is 0.538. The standard InChI is InChI=1S/C13H17NO2S/c15-17(16,13-7-2-1-3-8-13)14-9-11-5-4-6-12(11)10-14/h1-3,7-8,11-12H,4-6,9-10H2. The van der Waals surface area contributed by atoms with E-state index in [2.05, 4.69) is 0 Å². The zero-order valence-electron chi connectivity index (χ0n) is 9.75. The normalized spacial score (nSPS) is 29.4. The summed E-state index contributed by atoms with van der Waals surface area (Å²) in [5, 5.41) is 0. The summed E-state index contributed by atoms with van der Waals surface area (Å²) in [5.74, 6) is 1.21. The largest absolute Gasteiger partial charge is 0.243 e. The quantitative estimate of drug-likeness (QED) is 0.807. The average molecular weight is 251 g/mol. The molecule has 1 heterocycles.